The molecule has 0 saturated heterocycles. The summed E-state index contributed by atoms with van der Waals surface area (Å²) in [5.74, 6) is 1.57. The molecule has 0 bridgehead atoms. The van der Waals surface area contributed by atoms with E-state index < -0.39 is 0 Å². The summed E-state index contributed by atoms with van der Waals surface area (Å²) >= 11 is 14.0. The quantitative estimate of drug-likeness (QED) is 0.390. The molecule has 0 unspecified atom stereocenters. The highest BCUT2D eigenvalue weighted by molar-refractivity contribution is 7.19. The van der Waals surface area contributed by atoms with Gasteiger partial charge in [-0.25, -0.2) is 9.97 Å². The molecule has 1 aliphatic rings. The fourth-order valence-corrected chi connectivity index (χ4v) is 5.33. The van der Waals surface area contributed by atoms with Crippen LogP contribution in [0.4, 0.5) is 5.82 Å². The van der Waals surface area contributed by atoms with Crippen molar-refractivity contribution in [3.05, 3.63) is 68.8 Å². The molecule has 146 valence electrons. The minimum absolute atomic E-state index is 0.558. The number of pyridine rings is 1. The Hall–Kier alpha value is -2.21. The van der Waals surface area contributed by atoms with Crippen molar-refractivity contribution in [2.75, 3.05) is 5.32 Å². The lowest BCUT2D eigenvalue weighted by Gasteiger charge is -2.13. The normalized spacial score (nSPS) is 13.4. The summed E-state index contributed by atoms with van der Waals surface area (Å²) in [6.45, 7) is 0.611. The van der Waals surface area contributed by atoms with Gasteiger partial charge in [-0.05, 0) is 61.1 Å². The first kappa shape index (κ1) is 18.8. The van der Waals surface area contributed by atoms with Crippen molar-refractivity contribution in [3.8, 4) is 11.4 Å². The number of aromatic nitrogens is 3. The molecule has 4 nitrogen and oxygen atoms in total. The summed E-state index contributed by atoms with van der Waals surface area (Å²) in [5.41, 5.74) is 3.38. The van der Waals surface area contributed by atoms with Crippen LogP contribution in [-0.2, 0) is 19.4 Å². The molecule has 1 aliphatic carbocycles. The maximum atomic E-state index is 6.18. The largest absolute Gasteiger partial charge is 0.365 e. The second-order valence-corrected chi connectivity index (χ2v) is 9.03. The minimum Gasteiger partial charge on any atom is -0.365 e. The number of aryl methyl sites for hydroxylation is 2. The van der Waals surface area contributed by atoms with Gasteiger partial charge in [0.15, 0.2) is 5.82 Å². The average molecular weight is 441 g/mol. The van der Waals surface area contributed by atoms with E-state index in [1.165, 1.54) is 23.3 Å². The molecule has 3 heterocycles. The molecule has 0 saturated carbocycles. The second-order valence-electron chi connectivity index (χ2n) is 7.13. The summed E-state index contributed by atoms with van der Waals surface area (Å²) in [4.78, 5) is 16.5. The Bertz CT molecular complexity index is 1190. The van der Waals surface area contributed by atoms with Crippen LogP contribution in [0.15, 0.2) is 42.7 Å². The monoisotopic (exact) mass is 440 g/mol. The third-order valence-corrected chi connectivity index (χ3v) is 7.10. The van der Waals surface area contributed by atoms with Crippen LogP contribution in [0.2, 0.25) is 10.0 Å². The highest BCUT2D eigenvalue weighted by Gasteiger charge is 2.21. The van der Waals surface area contributed by atoms with Crippen molar-refractivity contribution in [1.82, 2.24) is 15.0 Å². The smallest absolute Gasteiger partial charge is 0.164 e. The number of rotatable bonds is 4. The molecule has 0 fully saturated rings. The second kappa shape index (κ2) is 7.90. The van der Waals surface area contributed by atoms with Gasteiger partial charge in [-0.1, -0.05) is 29.3 Å². The standard InChI is InChI=1S/C22H18Cl2N4S/c23-16-8-7-13(10-17(16)24)11-26-21-19-15-5-1-2-6-18(15)29-22(19)28-20(27-21)14-4-3-9-25-12-14/h3-4,7-10,12H,1-2,5-6,11H2,(H,26,27,28). The molecule has 29 heavy (non-hydrogen) atoms. The number of hydrogen-bond donors (Lipinski definition) is 1. The van der Waals surface area contributed by atoms with E-state index in [0.29, 0.717) is 22.4 Å². The lowest BCUT2D eigenvalue weighted by molar-refractivity contribution is 0.700. The number of benzene rings is 1. The lowest BCUT2D eigenvalue weighted by Crippen LogP contribution is -2.06. The summed E-state index contributed by atoms with van der Waals surface area (Å²) in [6, 6.07) is 9.59. The van der Waals surface area contributed by atoms with Crippen LogP contribution < -0.4 is 5.32 Å². The van der Waals surface area contributed by atoms with Crippen LogP contribution in [0, 0.1) is 0 Å². The highest BCUT2D eigenvalue weighted by Crippen LogP contribution is 2.39. The van der Waals surface area contributed by atoms with Crippen LogP contribution in [0.1, 0.15) is 28.8 Å². The maximum absolute atomic E-state index is 6.18. The Kier molecular flexibility index (Phi) is 5.12. The van der Waals surface area contributed by atoms with Crippen molar-refractivity contribution < 1.29 is 0 Å². The van der Waals surface area contributed by atoms with Crippen LogP contribution >= 0.6 is 34.5 Å². The van der Waals surface area contributed by atoms with Crippen molar-refractivity contribution in [2.24, 2.45) is 0 Å². The van der Waals surface area contributed by atoms with Gasteiger partial charge in [0.05, 0.1) is 15.4 Å². The molecule has 0 radical (unpaired) electrons. The molecule has 0 amide bonds. The van der Waals surface area contributed by atoms with E-state index in [-0.39, 0.29) is 0 Å². The summed E-state index contributed by atoms with van der Waals surface area (Å²) in [5, 5.41) is 5.81. The first-order valence-corrected chi connectivity index (χ1v) is 11.2. The number of hydrogen-bond acceptors (Lipinski definition) is 5. The Morgan fingerprint density at radius 2 is 1.93 bits per heavy atom. The van der Waals surface area contributed by atoms with E-state index >= 15 is 0 Å². The number of nitrogens with one attached hydrogen (secondary N) is 1. The molecule has 0 atom stereocenters. The van der Waals surface area contributed by atoms with Crippen LogP contribution in [0.5, 0.6) is 0 Å². The van der Waals surface area contributed by atoms with Gasteiger partial charge in [-0.3, -0.25) is 4.98 Å². The van der Waals surface area contributed by atoms with Gasteiger partial charge in [0, 0.05) is 29.4 Å². The van der Waals surface area contributed by atoms with Crippen LogP contribution in [-0.4, -0.2) is 15.0 Å². The molecule has 1 aromatic carbocycles. The van der Waals surface area contributed by atoms with E-state index in [9.17, 15) is 0 Å². The topological polar surface area (TPSA) is 50.7 Å². The predicted octanol–water partition coefficient (Wildman–Crippen LogP) is 6.55. The van der Waals surface area contributed by atoms with Gasteiger partial charge >= 0.3 is 0 Å². The van der Waals surface area contributed by atoms with E-state index in [0.717, 1.165) is 40.0 Å². The Balaban J connectivity index is 1.59. The first-order valence-electron chi connectivity index (χ1n) is 9.59. The van der Waals surface area contributed by atoms with E-state index in [1.54, 1.807) is 23.7 Å². The van der Waals surface area contributed by atoms with Crippen molar-refractivity contribution in [3.63, 3.8) is 0 Å². The zero-order valence-corrected chi connectivity index (χ0v) is 17.9. The zero-order chi connectivity index (χ0) is 19.8. The Labute approximate surface area is 183 Å². The van der Waals surface area contributed by atoms with E-state index in [4.69, 9.17) is 33.2 Å². The van der Waals surface area contributed by atoms with Crippen LogP contribution in [0.25, 0.3) is 21.6 Å². The van der Waals surface area contributed by atoms with Gasteiger partial charge in [0.25, 0.3) is 0 Å². The number of halogens is 2. The molecule has 5 rings (SSSR count). The van der Waals surface area contributed by atoms with E-state index in [1.807, 2.05) is 30.3 Å². The molecule has 7 heteroatoms. The third-order valence-electron chi connectivity index (χ3n) is 5.18. The van der Waals surface area contributed by atoms with Gasteiger partial charge in [0.2, 0.25) is 0 Å². The molecular weight excluding hydrogens is 423 g/mol. The maximum Gasteiger partial charge on any atom is 0.164 e. The molecule has 0 aliphatic heterocycles. The number of fused-ring (bicyclic) bond motifs is 3. The van der Waals surface area contributed by atoms with Gasteiger partial charge < -0.3 is 5.32 Å². The minimum atomic E-state index is 0.558. The van der Waals surface area contributed by atoms with Crippen LogP contribution in [0.3, 0.4) is 0 Å². The van der Waals surface area contributed by atoms with Crippen molar-refractivity contribution in [2.45, 2.75) is 32.2 Å². The Morgan fingerprint density at radius 1 is 1.03 bits per heavy atom. The molecule has 1 N–H and O–H groups in total. The van der Waals surface area contributed by atoms with Gasteiger partial charge in [-0.15, -0.1) is 11.3 Å². The fourth-order valence-electron chi connectivity index (χ4n) is 3.74. The first-order chi connectivity index (χ1) is 14.2. The molecule has 4 aromatic rings. The molecule has 3 aromatic heterocycles. The number of thiophene rings is 1. The summed E-state index contributed by atoms with van der Waals surface area (Å²) in [6.07, 6.45) is 8.24. The van der Waals surface area contributed by atoms with Gasteiger partial charge in [0.1, 0.15) is 10.6 Å². The Morgan fingerprint density at radius 3 is 2.76 bits per heavy atom. The fraction of sp³-hybridized carbons (Fsp3) is 0.227. The van der Waals surface area contributed by atoms with Crippen molar-refractivity contribution in [1.29, 1.82) is 0 Å². The van der Waals surface area contributed by atoms with Crippen molar-refractivity contribution >= 4 is 50.6 Å². The highest BCUT2D eigenvalue weighted by atomic mass is 35.5. The lowest BCUT2D eigenvalue weighted by atomic mass is 9.97. The number of nitrogens with zero attached hydrogens (tertiary/aromatic N) is 3. The van der Waals surface area contributed by atoms with E-state index in [2.05, 4.69) is 10.3 Å². The predicted molar refractivity (Wildman–Crippen MR) is 121 cm³/mol. The SMILES string of the molecule is Clc1ccc(CNc2nc(-c3cccnc3)nc3sc4c(c23)CCCC4)cc1Cl. The zero-order valence-electron chi connectivity index (χ0n) is 15.6. The molecule has 0 spiro atoms. The third kappa shape index (κ3) is 3.70. The van der Waals surface area contributed by atoms with Gasteiger partial charge in [-0.2, -0.15) is 0 Å². The summed E-state index contributed by atoms with van der Waals surface area (Å²) < 4.78 is 0. The summed E-state index contributed by atoms with van der Waals surface area (Å²) in [7, 11) is 0. The number of anilines is 1. The molecular formula is C22H18Cl2N4S. The average Bonchev–Trinajstić information content (AvgIpc) is 3.13.